The molecule has 0 saturated carbocycles. The molecule has 0 bridgehead atoms. The Morgan fingerprint density at radius 2 is 1.93 bits per heavy atom. The Morgan fingerprint density at radius 1 is 1.17 bits per heavy atom. The van der Waals surface area contributed by atoms with Crippen LogP contribution >= 0.6 is 12.2 Å². The van der Waals surface area contributed by atoms with Crippen molar-refractivity contribution in [1.82, 2.24) is 19.8 Å². The first-order valence-corrected chi connectivity index (χ1v) is 10.3. The fourth-order valence-corrected chi connectivity index (χ4v) is 4.60. The molecule has 4 rings (SSSR count). The molecule has 156 valence electrons. The molecule has 1 N–H and O–H groups in total. The van der Waals surface area contributed by atoms with Crippen molar-refractivity contribution in [3.8, 4) is 5.69 Å². The number of ether oxygens (including phenoxy) is 1. The summed E-state index contributed by atoms with van der Waals surface area (Å²) in [6.07, 6.45) is 1.79. The lowest BCUT2D eigenvalue weighted by molar-refractivity contribution is 0.164. The molecule has 7 heteroatoms. The summed E-state index contributed by atoms with van der Waals surface area (Å²) >= 11 is 5.67. The van der Waals surface area contributed by atoms with Gasteiger partial charge in [-0.3, -0.25) is 4.98 Å². The molecule has 30 heavy (non-hydrogen) atoms. The van der Waals surface area contributed by atoms with Crippen LogP contribution < -0.4 is 5.32 Å². The minimum atomic E-state index is -0.247. The van der Waals surface area contributed by atoms with Crippen molar-refractivity contribution in [3.05, 3.63) is 83.2 Å². The molecule has 3 heterocycles. The van der Waals surface area contributed by atoms with Crippen molar-refractivity contribution >= 4 is 17.3 Å². The second-order valence-electron chi connectivity index (χ2n) is 7.43. The van der Waals surface area contributed by atoms with Gasteiger partial charge in [-0.15, -0.1) is 0 Å². The minimum absolute atomic E-state index is 0.0747. The summed E-state index contributed by atoms with van der Waals surface area (Å²) in [6, 6.07) is 14.7. The number of halogens is 1. The molecule has 0 unspecified atom stereocenters. The van der Waals surface area contributed by atoms with Crippen LogP contribution in [0.5, 0.6) is 0 Å². The number of rotatable bonds is 6. The van der Waals surface area contributed by atoms with Crippen LogP contribution in [-0.4, -0.2) is 39.8 Å². The predicted octanol–water partition coefficient (Wildman–Crippen LogP) is 4.25. The topological polar surface area (TPSA) is 42.3 Å². The molecule has 1 aliphatic heterocycles. The van der Waals surface area contributed by atoms with E-state index in [4.69, 9.17) is 17.0 Å². The number of aryl methyl sites for hydroxylation is 1. The Kier molecular flexibility index (Phi) is 5.83. The maximum atomic E-state index is 14.6. The van der Waals surface area contributed by atoms with Gasteiger partial charge in [-0.05, 0) is 62.0 Å². The van der Waals surface area contributed by atoms with Crippen molar-refractivity contribution in [2.45, 2.75) is 25.9 Å². The van der Waals surface area contributed by atoms with Gasteiger partial charge < -0.3 is 19.5 Å². The van der Waals surface area contributed by atoms with E-state index in [0.29, 0.717) is 24.0 Å². The van der Waals surface area contributed by atoms with Gasteiger partial charge in [-0.2, -0.15) is 0 Å². The third-order valence-electron chi connectivity index (χ3n) is 5.62. The average molecular weight is 425 g/mol. The molecular formula is C23H25FN4OS. The van der Waals surface area contributed by atoms with Gasteiger partial charge in [0.25, 0.3) is 0 Å². The third-order valence-corrected chi connectivity index (χ3v) is 5.97. The summed E-state index contributed by atoms with van der Waals surface area (Å²) in [7, 11) is 1.68. The summed E-state index contributed by atoms with van der Waals surface area (Å²) in [6.45, 7) is 5.23. The molecule has 0 amide bonds. The van der Waals surface area contributed by atoms with Gasteiger partial charge in [0.1, 0.15) is 5.82 Å². The van der Waals surface area contributed by atoms with Crippen LogP contribution in [0.3, 0.4) is 0 Å². The zero-order chi connectivity index (χ0) is 21.3. The number of aromatic nitrogens is 2. The van der Waals surface area contributed by atoms with E-state index in [2.05, 4.69) is 21.3 Å². The zero-order valence-corrected chi connectivity index (χ0v) is 18.1. The standard InChI is InChI=1S/C23H25FN4OS/c1-15-14-17(16(2)28(15)20-10-5-4-8-18(20)24)22-21(19-9-6-7-11-25-19)26-23(30)27(22)12-13-29-3/h4-11,14,21-22H,12-13H2,1-3H3,(H,26,30)/t21-,22+/m0/s1. The van der Waals surface area contributed by atoms with Crippen molar-refractivity contribution in [3.63, 3.8) is 0 Å². The molecule has 0 spiro atoms. The molecule has 1 aromatic carbocycles. The zero-order valence-electron chi connectivity index (χ0n) is 17.3. The van der Waals surface area contributed by atoms with Crippen LogP contribution in [-0.2, 0) is 4.74 Å². The maximum absolute atomic E-state index is 14.6. The lowest BCUT2D eigenvalue weighted by Crippen LogP contribution is -2.32. The Morgan fingerprint density at radius 3 is 2.63 bits per heavy atom. The van der Waals surface area contributed by atoms with Crippen molar-refractivity contribution in [1.29, 1.82) is 0 Å². The highest BCUT2D eigenvalue weighted by Gasteiger charge is 2.41. The molecule has 2 atom stereocenters. The third kappa shape index (κ3) is 3.59. The summed E-state index contributed by atoms with van der Waals surface area (Å²) in [5.74, 6) is -0.247. The van der Waals surface area contributed by atoms with Crippen LogP contribution in [0.25, 0.3) is 5.69 Å². The number of hydrogen-bond donors (Lipinski definition) is 1. The highest BCUT2D eigenvalue weighted by Crippen LogP contribution is 2.41. The monoisotopic (exact) mass is 424 g/mol. The lowest BCUT2D eigenvalue weighted by Gasteiger charge is -2.28. The summed E-state index contributed by atoms with van der Waals surface area (Å²) in [4.78, 5) is 6.71. The number of thiocarbonyl (C=S) groups is 1. The van der Waals surface area contributed by atoms with E-state index >= 15 is 0 Å². The molecule has 1 fully saturated rings. The Labute approximate surface area is 181 Å². The second-order valence-corrected chi connectivity index (χ2v) is 7.81. The molecular weight excluding hydrogens is 399 g/mol. The highest BCUT2D eigenvalue weighted by molar-refractivity contribution is 7.80. The van der Waals surface area contributed by atoms with Crippen molar-refractivity contribution < 1.29 is 9.13 Å². The predicted molar refractivity (Wildman–Crippen MR) is 119 cm³/mol. The van der Waals surface area contributed by atoms with Crippen LogP contribution in [0.15, 0.2) is 54.7 Å². The van der Waals surface area contributed by atoms with Gasteiger partial charge in [0.15, 0.2) is 5.11 Å². The number of nitrogens with one attached hydrogen (secondary N) is 1. The second kappa shape index (κ2) is 8.53. The number of methoxy groups -OCH3 is 1. The number of nitrogens with zero attached hydrogens (tertiary/aromatic N) is 3. The highest BCUT2D eigenvalue weighted by atomic mass is 32.1. The SMILES string of the molecule is COCCN1C(=S)N[C@@H](c2ccccn2)[C@H]1c1cc(C)n(-c2ccccc2F)c1C. The number of benzene rings is 1. The summed E-state index contributed by atoms with van der Waals surface area (Å²) in [5, 5.41) is 4.11. The van der Waals surface area contributed by atoms with Gasteiger partial charge in [0.2, 0.25) is 0 Å². The molecule has 5 nitrogen and oxygen atoms in total. The Hall–Kier alpha value is -2.77. The van der Waals surface area contributed by atoms with E-state index in [-0.39, 0.29) is 17.9 Å². The van der Waals surface area contributed by atoms with E-state index < -0.39 is 0 Å². The van der Waals surface area contributed by atoms with Gasteiger partial charge in [-0.25, -0.2) is 4.39 Å². The summed E-state index contributed by atoms with van der Waals surface area (Å²) in [5.41, 5.74) is 4.51. The smallest absolute Gasteiger partial charge is 0.170 e. The Balaban J connectivity index is 1.83. The van der Waals surface area contributed by atoms with Crippen LogP contribution in [0.1, 0.15) is 34.7 Å². The minimum Gasteiger partial charge on any atom is -0.383 e. The molecule has 0 radical (unpaired) electrons. The lowest BCUT2D eigenvalue weighted by atomic mass is 9.97. The first-order valence-electron chi connectivity index (χ1n) is 9.93. The first kappa shape index (κ1) is 20.5. The molecule has 0 aliphatic carbocycles. The molecule has 3 aromatic rings. The van der Waals surface area contributed by atoms with E-state index in [1.807, 2.05) is 42.7 Å². The normalized spacial score (nSPS) is 18.7. The number of pyridine rings is 1. The number of hydrogen-bond acceptors (Lipinski definition) is 3. The van der Waals surface area contributed by atoms with Gasteiger partial charge in [0, 0.05) is 31.2 Å². The summed E-state index contributed by atoms with van der Waals surface area (Å²) < 4.78 is 21.9. The molecule has 1 saturated heterocycles. The van der Waals surface area contributed by atoms with E-state index in [0.717, 1.165) is 22.6 Å². The number of para-hydroxylation sites is 1. The van der Waals surface area contributed by atoms with E-state index in [9.17, 15) is 4.39 Å². The van der Waals surface area contributed by atoms with Crippen LogP contribution in [0.2, 0.25) is 0 Å². The van der Waals surface area contributed by atoms with Gasteiger partial charge in [-0.1, -0.05) is 18.2 Å². The fourth-order valence-electron chi connectivity index (χ4n) is 4.27. The quantitative estimate of drug-likeness (QED) is 0.600. The Bertz CT molecular complexity index is 1050. The van der Waals surface area contributed by atoms with Crippen molar-refractivity contribution in [2.75, 3.05) is 20.3 Å². The van der Waals surface area contributed by atoms with Crippen molar-refractivity contribution in [2.24, 2.45) is 0 Å². The first-order chi connectivity index (χ1) is 14.5. The van der Waals surface area contributed by atoms with Crippen LogP contribution in [0, 0.1) is 19.7 Å². The van der Waals surface area contributed by atoms with Crippen LogP contribution in [0.4, 0.5) is 4.39 Å². The van der Waals surface area contributed by atoms with E-state index in [1.165, 1.54) is 6.07 Å². The molecule has 1 aliphatic rings. The largest absolute Gasteiger partial charge is 0.383 e. The average Bonchev–Trinajstić information content (AvgIpc) is 3.23. The fraction of sp³-hybridized carbons (Fsp3) is 0.304. The maximum Gasteiger partial charge on any atom is 0.170 e. The van der Waals surface area contributed by atoms with Gasteiger partial charge >= 0.3 is 0 Å². The van der Waals surface area contributed by atoms with E-state index in [1.54, 1.807) is 25.4 Å². The van der Waals surface area contributed by atoms with Gasteiger partial charge in [0.05, 0.1) is 30.1 Å². The molecule has 2 aromatic heterocycles.